The molecule has 1 atom stereocenters. The van der Waals surface area contributed by atoms with Gasteiger partial charge in [0.2, 0.25) is 0 Å². The van der Waals surface area contributed by atoms with Crippen molar-refractivity contribution in [3.05, 3.63) is 0 Å². The van der Waals surface area contributed by atoms with Gasteiger partial charge in [0.05, 0.1) is 0 Å². The molecule has 0 radical (unpaired) electrons. The van der Waals surface area contributed by atoms with E-state index >= 15 is 0 Å². The fourth-order valence-corrected chi connectivity index (χ4v) is 1.97. The molecule has 3 N–H and O–H groups in total. The van der Waals surface area contributed by atoms with Crippen LogP contribution in [0.4, 0.5) is 0 Å². The molecule has 0 aromatic carbocycles. The first-order chi connectivity index (χ1) is 8.52. The van der Waals surface area contributed by atoms with Crippen LogP contribution in [0.1, 0.15) is 39.0 Å². The van der Waals surface area contributed by atoms with Gasteiger partial charge in [-0.05, 0) is 44.9 Å². The van der Waals surface area contributed by atoms with Crippen LogP contribution in [-0.4, -0.2) is 43.0 Å². The fourth-order valence-electron chi connectivity index (χ4n) is 1.97. The molecule has 1 aliphatic heterocycles. The Hall–Kier alpha value is -0.650. The molecule has 0 aliphatic carbocycles. The van der Waals surface area contributed by atoms with E-state index in [4.69, 9.17) is 20.3 Å². The lowest BCUT2D eigenvalue weighted by atomic mass is 9.96. The molecule has 0 saturated carbocycles. The van der Waals surface area contributed by atoms with Gasteiger partial charge < -0.3 is 20.3 Å². The molecule has 106 valence electrons. The zero-order valence-electron chi connectivity index (χ0n) is 11.2. The third-order valence-electron chi connectivity index (χ3n) is 3.42. The molecule has 1 unspecified atom stereocenters. The number of nitrogens with two attached hydrogens (primary N) is 1. The number of carboxylic acids is 1. The smallest absolute Gasteiger partial charge is 0.323 e. The van der Waals surface area contributed by atoms with Crippen molar-refractivity contribution in [2.24, 2.45) is 11.7 Å². The minimum absolute atomic E-state index is 0.489. The number of carbonyl (C=O) groups is 1. The average Bonchev–Trinajstić information content (AvgIpc) is 2.34. The SMILES string of the molecule is CC(N)(CCCCOCC1CCOCC1)C(=O)O. The molecule has 5 heteroatoms. The third-order valence-corrected chi connectivity index (χ3v) is 3.42. The monoisotopic (exact) mass is 259 g/mol. The summed E-state index contributed by atoms with van der Waals surface area (Å²) in [4.78, 5) is 10.8. The highest BCUT2D eigenvalue weighted by Crippen LogP contribution is 2.15. The van der Waals surface area contributed by atoms with E-state index < -0.39 is 11.5 Å². The maximum Gasteiger partial charge on any atom is 0.323 e. The maximum atomic E-state index is 10.8. The van der Waals surface area contributed by atoms with Crippen molar-refractivity contribution in [1.29, 1.82) is 0 Å². The van der Waals surface area contributed by atoms with Crippen molar-refractivity contribution < 1.29 is 19.4 Å². The summed E-state index contributed by atoms with van der Waals surface area (Å²) in [5.74, 6) is -0.317. The van der Waals surface area contributed by atoms with Crippen molar-refractivity contribution >= 4 is 5.97 Å². The third kappa shape index (κ3) is 5.80. The van der Waals surface area contributed by atoms with Crippen LogP contribution in [0.3, 0.4) is 0 Å². The van der Waals surface area contributed by atoms with Crippen molar-refractivity contribution in [3.63, 3.8) is 0 Å². The Balaban J connectivity index is 1.97. The second-order valence-electron chi connectivity index (χ2n) is 5.31. The Morgan fingerprint density at radius 1 is 1.44 bits per heavy atom. The summed E-state index contributed by atoms with van der Waals surface area (Å²) >= 11 is 0. The van der Waals surface area contributed by atoms with E-state index in [0.29, 0.717) is 18.9 Å². The number of carboxylic acid groups (broad SMARTS) is 1. The normalized spacial score (nSPS) is 20.6. The standard InChI is InChI=1S/C13H25NO4/c1-13(14,12(15)16)6-2-3-7-18-10-11-4-8-17-9-5-11/h11H,2-10,14H2,1H3,(H,15,16). The van der Waals surface area contributed by atoms with Crippen molar-refractivity contribution in [2.45, 2.75) is 44.6 Å². The summed E-state index contributed by atoms with van der Waals surface area (Å²) in [5, 5.41) is 8.85. The van der Waals surface area contributed by atoms with Crippen LogP contribution in [0.2, 0.25) is 0 Å². The van der Waals surface area contributed by atoms with Crippen LogP contribution >= 0.6 is 0 Å². The van der Waals surface area contributed by atoms with E-state index in [1.165, 1.54) is 0 Å². The number of hydrogen-bond donors (Lipinski definition) is 2. The van der Waals surface area contributed by atoms with Crippen LogP contribution in [0.5, 0.6) is 0 Å². The van der Waals surface area contributed by atoms with Crippen molar-refractivity contribution in [1.82, 2.24) is 0 Å². The van der Waals surface area contributed by atoms with Crippen molar-refractivity contribution in [3.8, 4) is 0 Å². The highest BCUT2D eigenvalue weighted by Gasteiger charge is 2.26. The predicted molar refractivity (Wildman–Crippen MR) is 68.4 cm³/mol. The van der Waals surface area contributed by atoms with Crippen LogP contribution in [0.25, 0.3) is 0 Å². The van der Waals surface area contributed by atoms with Gasteiger partial charge in [0.15, 0.2) is 0 Å². The lowest BCUT2D eigenvalue weighted by molar-refractivity contribution is -0.142. The molecule has 1 rings (SSSR count). The Morgan fingerprint density at radius 3 is 2.72 bits per heavy atom. The number of hydrogen-bond acceptors (Lipinski definition) is 4. The number of unbranched alkanes of at least 4 members (excludes halogenated alkanes) is 1. The minimum Gasteiger partial charge on any atom is -0.480 e. The van der Waals surface area contributed by atoms with Gasteiger partial charge in [-0.25, -0.2) is 0 Å². The van der Waals surface area contributed by atoms with E-state index in [2.05, 4.69) is 0 Å². The first kappa shape index (κ1) is 15.4. The Labute approximate surface area is 109 Å². The van der Waals surface area contributed by atoms with Gasteiger partial charge in [0, 0.05) is 26.4 Å². The first-order valence-corrected chi connectivity index (χ1v) is 6.70. The van der Waals surface area contributed by atoms with Gasteiger partial charge in [-0.2, -0.15) is 0 Å². The fraction of sp³-hybridized carbons (Fsp3) is 0.923. The molecular formula is C13H25NO4. The van der Waals surface area contributed by atoms with E-state index in [1.54, 1.807) is 6.92 Å². The van der Waals surface area contributed by atoms with E-state index in [1.807, 2.05) is 0 Å². The van der Waals surface area contributed by atoms with E-state index in [9.17, 15) is 4.79 Å². The number of rotatable bonds is 8. The lowest BCUT2D eigenvalue weighted by Crippen LogP contribution is -2.44. The molecule has 1 aliphatic rings. The topological polar surface area (TPSA) is 81.8 Å². The molecule has 18 heavy (non-hydrogen) atoms. The van der Waals surface area contributed by atoms with Gasteiger partial charge in [-0.3, -0.25) is 4.79 Å². The Bertz CT molecular complexity index is 249. The largest absolute Gasteiger partial charge is 0.480 e. The maximum absolute atomic E-state index is 10.8. The molecule has 5 nitrogen and oxygen atoms in total. The highest BCUT2D eigenvalue weighted by molar-refractivity contribution is 5.77. The summed E-state index contributed by atoms with van der Waals surface area (Å²) in [6.07, 6.45) is 4.30. The highest BCUT2D eigenvalue weighted by atomic mass is 16.5. The van der Waals surface area contributed by atoms with Crippen LogP contribution in [-0.2, 0) is 14.3 Å². The second-order valence-corrected chi connectivity index (χ2v) is 5.31. The molecule has 1 heterocycles. The summed E-state index contributed by atoms with van der Waals surface area (Å²) in [6, 6.07) is 0. The average molecular weight is 259 g/mol. The van der Waals surface area contributed by atoms with E-state index in [-0.39, 0.29) is 0 Å². The number of aliphatic carboxylic acids is 1. The zero-order valence-corrected chi connectivity index (χ0v) is 11.2. The predicted octanol–water partition coefficient (Wildman–Crippen LogP) is 1.40. The molecule has 0 spiro atoms. The zero-order chi connectivity index (χ0) is 13.4. The molecule has 0 bridgehead atoms. The molecule has 1 saturated heterocycles. The van der Waals surface area contributed by atoms with Gasteiger partial charge in [-0.15, -0.1) is 0 Å². The summed E-state index contributed by atoms with van der Waals surface area (Å²) < 4.78 is 10.9. The summed E-state index contributed by atoms with van der Waals surface area (Å²) in [6.45, 7) is 4.73. The van der Waals surface area contributed by atoms with Crippen molar-refractivity contribution in [2.75, 3.05) is 26.4 Å². The van der Waals surface area contributed by atoms with Gasteiger partial charge in [-0.1, -0.05) is 0 Å². The van der Waals surface area contributed by atoms with Gasteiger partial charge >= 0.3 is 5.97 Å². The summed E-state index contributed by atoms with van der Waals surface area (Å²) in [5.41, 5.74) is 4.53. The van der Waals surface area contributed by atoms with E-state index in [0.717, 1.165) is 45.5 Å². The van der Waals surface area contributed by atoms with Crippen LogP contribution in [0.15, 0.2) is 0 Å². The molecule has 0 aromatic heterocycles. The minimum atomic E-state index is -1.11. The van der Waals surface area contributed by atoms with Crippen LogP contribution < -0.4 is 5.73 Å². The van der Waals surface area contributed by atoms with Gasteiger partial charge in [0.1, 0.15) is 5.54 Å². The quantitative estimate of drug-likeness (QED) is 0.644. The molecule has 0 amide bonds. The molecular weight excluding hydrogens is 234 g/mol. The van der Waals surface area contributed by atoms with Crippen LogP contribution in [0, 0.1) is 5.92 Å². The molecule has 0 aromatic rings. The molecule has 1 fully saturated rings. The Morgan fingerprint density at radius 2 is 2.11 bits per heavy atom. The summed E-state index contributed by atoms with van der Waals surface area (Å²) in [7, 11) is 0. The number of ether oxygens (including phenoxy) is 2. The first-order valence-electron chi connectivity index (χ1n) is 6.70. The lowest BCUT2D eigenvalue weighted by Gasteiger charge is -2.22. The Kier molecular flexibility index (Phi) is 6.60. The van der Waals surface area contributed by atoms with Gasteiger partial charge in [0.25, 0.3) is 0 Å². The second kappa shape index (κ2) is 7.71.